The number of hydrogen-bond acceptors (Lipinski definition) is 3. The van der Waals surface area contributed by atoms with Crippen molar-refractivity contribution in [2.45, 2.75) is 6.61 Å². The molecule has 0 bridgehead atoms. The fourth-order valence-electron chi connectivity index (χ4n) is 0.993. The van der Waals surface area contributed by atoms with Crippen molar-refractivity contribution >= 4 is 5.69 Å². The summed E-state index contributed by atoms with van der Waals surface area (Å²) in [6.07, 6.45) is 0. The number of nitrogens with zero attached hydrogens (tertiary/aromatic N) is 1. The van der Waals surface area contributed by atoms with E-state index in [1.165, 1.54) is 6.07 Å². The predicted octanol–water partition coefficient (Wildman–Crippen LogP) is 1.95. The van der Waals surface area contributed by atoms with E-state index in [4.69, 9.17) is 4.74 Å². The van der Waals surface area contributed by atoms with Crippen molar-refractivity contribution in [3.63, 3.8) is 0 Å². The van der Waals surface area contributed by atoms with Gasteiger partial charge in [-0.2, -0.15) is 0 Å². The smallest absolute Gasteiger partial charge is 0.274 e. The van der Waals surface area contributed by atoms with E-state index in [0.717, 1.165) is 0 Å². The number of ether oxygens (including phenoxy) is 1. The highest BCUT2D eigenvalue weighted by molar-refractivity contribution is 5.39. The van der Waals surface area contributed by atoms with Gasteiger partial charge in [-0.3, -0.25) is 10.1 Å². The van der Waals surface area contributed by atoms with Crippen molar-refractivity contribution in [3.8, 4) is 0 Å². The van der Waals surface area contributed by atoms with Gasteiger partial charge in [0.2, 0.25) is 0 Å². The van der Waals surface area contributed by atoms with Gasteiger partial charge in [0.25, 0.3) is 5.69 Å². The van der Waals surface area contributed by atoms with Gasteiger partial charge < -0.3 is 4.74 Å². The number of rotatable bonds is 4. The molecular weight excluding hydrogens is 170 g/mol. The van der Waals surface area contributed by atoms with Gasteiger partial charge in [-0.05, 0) is 13.0 Å². The van der Waals surface area contributed by atoms with Crippen LogP contribution in [0, 0.1) is 17.0 Å². The standard InChI is InChI=1S/C9H10NO3/c1-2-13-7-8-5-3-4-6-9(8)10(11)12/h3-6H,1-2,7H2. The van der Waals surface area contributed by atoms with Gasteiger partial charge in [0.15, 0.2) is 0 Å². The highest BCUT2D eigenvalue weighted by Gasteiger charge is 2.11. The Bertz CT molecular complexity index is 299. The number of nitro benzene ring substituents is 1. The fraction of sp³-hybridized carbons (Fsp3) is 0.222. The van der Waals surface area contributed by atoms with E-state index in [9.17, 15) is 10.1 Å². The van der Waals surface area contributed by atoms with Gasteiger partial charge in [-0.1, -0.05) is 12.1 Å². The molecule has 0 amide bonds. The van der Waals surface area contributed by atoms with Crippen LogP contribution in [0.2, 0.25) is 0 Å². The Balaban J connectivity index is 2.84. The van der Waals surface area contributed by atoms with E-state index in [2.05, 4.69) is 6.92 Å². The average Bonchev–Trinajstić information content (AvgIpc) is 2.15. The average molecular weight is 180 g/mol. The van der Waals surface area contributed by atoms with E-state index < -0.39 is 4.92 Å². The molecule has 69 valence electrons. The van der Waals surface area contributed by atoms with E-state index >= 15 is 0 Å². The summed E-state index contributed by atoms with van der Waals surface area (Å²) in [5, 5.41) is 10.5. The lowest BCUT2D eigenvalue weighted by Crippen LogP contribution is -1.97. The molecule has 0 N–H and O–H groups in total. The molecule has 0 aromatic heterocycles. The normalized spacial score (nSPS) is 9.92. The van der Waals surface area contributed by atoms with Crippen LogP contribution in [0.1, 0.15) is 5.56 Å². The summed E-state index contributed by atoms with van der Waals surface area (Å²) in [5.41, 5.74) is 0.673. The minimum atomic E-state index is -0.415. The summed E-state index contributed by atoms with van der Waals surface area (Å²) in [6.45, 7) is 4.03. The zero-order valence-electron chi connectivity index (χ0n) is 7.10. The summed E-state index contributed by atoms with van der Waals surface area (Å²) >= 11 is 0. The molecule has 1 aromatic rings. The molecule has 0 aliphatic rings. The van der Waals surface area contributed by atoms with Crippen LogP contribution in [-0.2, 0) is 11.3 Å². The van der Waals surface area contributed by atoms with Crippen LogP contribution in [0.25, 0.3) is 0 Å². The SMILES string of the molecule is [CH2]COCc1ccccc1[N+](=O)[O-]. The van der Waals surface area contributed by atoms with Crippen LogP contribution in [0.15, 0.2) is 24.3 Å². The van der Waals surface area contributed by atoms with Gasteiger partial charge in [0, 0.05) is 12.7 Å². The Morgan fingerprint density at radius 1 is 1.46 bits per heavy atom. The third-order valence-corrected chi connectivity index (χ3v) is 1.59. The second-order valence-corrected chi connectivity index (χ2v) is 2.44. The zero-order chi connectivity index (χ0) is 9.68. The van der Waals surface area contributed by atoms with Crippen molar-refractivity contribution in [1.29, 1.82) is 0 Å². The Hall–Kier alpha value is -1.42. The van der Waals surface area contributed by atoms with Gasteiger partial charge in [0.05, 0.1) is 17.1 Å². The first-order valence-electron chi connectivity index (χ1n) is 3.85. The molecular formula is C9H10NO3. The Kier molecular flexibility index (Phi) is 3.40. The summed E-state index contributed by atoms with van der Waals surface area (Å²) in [4.78, 5) is 10.1. The molecule has 1 rings (SSSR count). The van der Waals surface area contributed by atoms with Crippen molar-refractivity contribution in [2.75, 3.05) is 6.61 Å². The van der Waals surface area contributed by atoms with E-state index in [-0.39, 0.29) is 12.3 Å². The van der Waals surface area contributed by atoms with Gasteiger partial charge in [0.1, 0.15) is 0 Å². The lowest BCUT2D eigenvalue weighted by Gasteiger charge is -2.01. The minimum Gasteiger partial charge on any atom is -0.377 e. The molecule has 0 heterocycles. The summed E-state index contributed by atoms with van der Waals surface area (Å²) in [6, 6.07) is 6.51. The zero-order valence-corrected chi connectivity index (χ0v) is 7.10. The minimum absolute atomic E-state index is 0.0935. The molecule has 0 spiro atoms. The molecule has 0 unspecified atom stereocenters. The summed E-state index contributed by atoms with van der Waals surface area (Å²) in [7, 11) is 0. The first-order chi connectivity index (χ1) is 6.25. The van der Waals surface area contributed by atoms with Crippen LogP contribution in [-0.4, -0.2) is 11.5 Å². The lowest BCUT2D eigenvalue weighted by atomic mass is 10.2. The maximum Gasteiger partial charge on any atom is 0.274 e. The maximum atomic E-state index is 10.5. The number of para-hydroxylation sites is 1. The van der Waals surface area contributed by atoms with E-state index in [0.29, 0.717) is 12.2 Å². The first-order valence-corrected chi connectivity index (χ1v) is 3.85. The van der Waals surface area contributed by atoms with Crippen LogP contribution >= 0.6 is 0 Å². The van der Waals surface area contributed by atoms with Crippen LogP contribution in [0.4, 0.5) is 5.69 Å². The number of benzene rings is 1. The molecule has 1 radical (unpaired) electrons. The second kappa shape index (κ2) is 4.57. The molecule has 4 heteroatoms. The highest BCUT2D eigenvalue weighted by atomic mass is 16.6. The largest absolute Gasteiger partial charge is 0.377 e. The van der Waals surface area contributed by atoms with Crippen molar-refractivity contribution in [2.24, 2.45) is 0 Å². The first kappa shape index (κ1) is 9.67. The molecule has 4 nitrogen and oxygen atoms in total. The number of hydrogen-bond donors (Lipinski definition) is 0. The molecule has 0 aliphatic heterocycles. The molecule has 0 atom stereocenters. The Morgan fingerprint density at radius 2 is 2.15 bits per heavy atom. The molecule has 0 fully saturated rings. The summed E-state index contributed by atoms with van der Waals surface area (Å²) in [5.74, 6) is 0. The quantitative estimate of drug-likeness (QED) is 0.525. The lowest BCUT2D eigenvalue weighted by molar-refractivity contribution is -0.385. The second-order valence-electron chi connectivity index (χ2n) is 2.44. The predicted molar refractivity (Wildman–Crippen MR) is 48.1 cm³/mol. The van der Waals surface area contributed by atoms with Gasteiger partial charge in [-0.15, -0.1) is 0 Å². The molecule has 0 saturated carbocycles. The summed E-state index contributed by atoms with van der Waals surface area (Å²) < 4.78 is 4.99. The molecule has 1 aromatic carbocycles. The monoisotopic (exact) mass is 180 g/mol. The van der Waals surface area contributed by atoms with Crippen LogP contribution in [0.3, 0.4) is 0 Å². The van der Waals surface area contributed by atoms with Gasteiger partial charge in [-0.25, -0.2) is 0 Å². The van der Waals surface area contributed by atoms with Gasteiger partial charge >= 0.3 is 0 Å². The molecule has 0 saturated heterocycles. The van der Waals surface area contributed by atoms with E-state index in [1.807, 2.05) is 0 Å². The number of nitro groups is 1. The molecule has 0 aliphatic carbocycles. The van der Waals surface area contributed by atoms with Crippen molar-refractivity contribution in [1.82, 2.24) is 0 Å². The topological polar surface area (TPSA) is 52.4 Å². The van der Waals surface area contributed by atoms with Crippen molar-refractivity contribution < 1.29 is 9.66 Å². The highest BCUT2D eigenvalue weighted by Crippen LogP contribution is 2.17. The van der Waals surface area contributed by atoms with E-state index in [1.54, 1.807) is 18.2 Å². The Labute approximate surface area is 76.3 Å². The molecule has 13 heavy (non-hydrogen) atoms. The maximum absolute atomic E-state index is 10.5. The third-order valence-electron chi connectivity index (χ3n) is 1.59. The van der Waals surface area contributed by atoms with Crippen LogP contribution < -0.4 is 0 Å². The fourth-order valence-corrected chi connectivity index (χ4v) is 0.993. The van der Waals surface area contributed by atoms with Crippen LogP contribution in [0.5, 0.6) is 0 Å². The van der Waals surface area contributed by atoms with Crippen molar-refractivity contribution in [3.05, 3.63) is 46.9 Å². The third kappa shape index (κ3) is 2.52. The Morgan fingerprint density at radius 3 is 2.77 bits per heavy atom.